The first-order valence-corrected chi connectivity index (χ1v) is 8.18. The maximum absolute atomic E-state index is 10.3. The predicted octanol–water partition coefficient (Wildman–Crippen LogP) is 3.61. The van der Waals surface area contributed by atoms with Crippen molar-refractivity contribution < 1.29 is 9.84 Å². The molecular weight excluding hydrogens is 335 g/mol. The van der Waals surface area contributed by atoms with Gasteiger partial charge in [0.2, 0.25) is 0 Å². The van der Waals surface area contributed by atoms with Gasteiger partial charge in [0.05, 0.1) is 47.8 Å². The lowest BCUT2D eigenvalue weighted by Gasteiger charge is -2.39. The lowest BCUT2D eigenvalue weighted by molar-refractivity contribution is -0.171. The van der Waals surface area contributed by atoms with Crippen molar-refractivity contribution in [2.24, 2.45) is 0 Å². The Morgan fingerprint density at radius 2 is 1.83 bits per heavy atom. The van der Waals surface area contributed by atoms with Gasteiger partial charge in [-0.3, -0.25) is 0 Å². The molecule has 0 saturated carbocycles. The summed E-state index contributed by atoms with van der Waals surface area (Å²) in [5.41, 5.74) is 3.47. The molecule has 0 bridgehead atoms. The number of hydrogen-bond donors (Lipinski definition) is 2. The Labute approximate surface area is 144 Å². The molecule has 120 valence electrons. The molecule has 2 aromatic carbocycles. The van der Waals surface area contributed by atoms with E-state index < -0.39 is 5.60 Å². The first kappa shape index (κ1) is 15.1. The number of hydrogen-bond acceptors (Lipinski definition) is 4. The predicted molar refractivity (Wildman–Crippen MR) is 93.5 cm³/mol. The Kier molecular flexibility index (Phi) is 3.65. The molecule has 0 aliphatic carbocycles. The summed E-state index contributed by atoms with van der Waals surface area (Å²) in [6.07, 6.45) is 0. The highest BCUT2D eigenvalue weighted by molar-refractivity contribution is 6.42. The van der Waals surface area contributed by atoms with E-state index in [0.29, 0.717) is 36.5 Å². The van der Waals surface area contributed by atoms with Crippen LogP contribution in [0.25, 0.3) is 11.1 Å². The van der Waals surface area contributed by atoms with Gasteiger partial charge in [-0.25, -0.2) is 0 Å². The van der Waals surface area contributed by atoms with Crippen LogP contribution in [-0.4, -0.2) is 37.1 Å². The number of nitrogens with zero attached hydrogens (tertiary/aromatic N) is 1. The number of anilines is 2. The first-order valence-electron chi connectivity index (χ1n) is 7.43. The van der Waals surface area contributed by atoms with Gasteiger partial charge in [-0.1, -0.05) is 35.3 Å². The molecule has 6 heteroatoms. The Bertz CT molecular complexity index is 762. The van der Waals surface area contributed by atoms with Crippen molar-refractivity contribution in [3.63, 3.8) is 0 Å². The molecule has 2 aliphatic rings. The summed E-state index contributed by atoms with van der Waals surface area (Å²) in [5, 5.41) is 14.8. The molecule has 2 N–H and O–H groups in total. The number of rotatable bonds is 3. The van der Waals surface area contributed by atoms with E-state index in [4.69, 9.17) is 27.9 Å². The summed E-state index contributed by atoms with van der Waals surface area (Å²) >= 11 is 12.1. The average molecular weight is 351 g/mol. The van der Waals surface area contributed by atoms with E-state index in [2.05, 4.69) is 28.4 Å². The number of halogens is 2. The van der Waals surface area contributed by atoms with Crippen LogP contribution in [0.2, 0.25) is 10.0 Å². The topological polar surface area (TPSA) is 44.7 Å². The van der Waals surface area contributed by atoms with Crippen LogP contribution in [0, 0.1) is 0 Å². The standard InChI is InChI=1S/C17H16Cl2N2O2/c18-13-3-1-11(5-14(13)19)12-2-4-15-16(6-12)21(10-20-15)7-17(22)8-23-9-17/h1-6,20,22H,7-10H2. The second-order valence-corrected chi connectivity index (χ2v) is 6.93. The first-order chi connectivity index (χ1) is 11.0. The van der Waals surface area contributed by atoms with Crippen molar-refractivity contribution in [1.82, 2.24) is 0 Å². The van der Waals surface area contributed by atoms with E-state index in [0.717, 1.165) is 22.5 Å². The second-order valence-electron chi connectivity index (χ2n) is 6.11. The van der Waals surface area contributed by atoms with Crippen LogP contribution in [0.5, 0.6) is 0 Å². The van der Waals surface area contributed by atoms with Crippen LogP contribution in [-0.2, 0) is 4.74 Å². The third-order valence-corrected chi connectivity index (χ3v) is 5.02. The second kappa shape index (κ2) is 5.56. The van der Waals surface area contributed by atoms with Gasteiger partial charge >= 0.3 is 0 Å². The van der Waals surface area contributed by atoms with E-state index in [-0.39, 0.29) is 0 Å². The molecule has 1 fully saturated rings. The highest BCUT2D eigenvalue weighted by Gasteiger charge is 2.39. The molecule has 2 aromatic rings. The minimum atomic E-state index is -0.747. The largest absolute Gasteiger partial charge is 0.383 e. The minimum Gasteiger partial charge on any atom is -0.383 e. The molecule has 4 rings (SSSR count). The molecular formula is C17H16Cl2N2O2. The smallest absolute Gasteiger partial charge is 0.128 e. The Morgan fingerprint density at radius 3 is 2.52 bits per heavy atom. The van der Waals surface area contributed by atoms with Gasteiger partial charge < -0.3 is 20.1 Å². The fraction of sp³-hybridized carbons (Fsp3) is 0.294. The van der Waals surface area contributed by atoms with E-state index in [1.54, 1.807) is 6.07 Å². The summed E-state index contributed by atoms with van der Waals surface area (Å²) in [6, 6.07) is 11.8. The zero-order valence-electron chi connectivity index (χ0n) is 12.4. The maximum atomic E-state index is 10.3. The lowest BCUT2D eigenvalue weighted by Crippen LogP contribution is -2.57. The normalized spacial score (nSPS) is 18.3. The number of benzene rings is 2. The molecule has 0 spiro atoms. The molecule has 0 unspecified atom stereocenters. The molecule has 1 saturated heterocycles. The Morgan fingerprint density at radius 1 is 1.09 bits per heavy atom. The van der Waals surface area contributed by atoms with Crippen LogP contribution < -0.4 is 10.2 Å². The van der Waals surface area contributed by atoms with Crippen molar-refractivity contribution in [2.75, 3.05) is 36.6 Å². The van der Waals surface area contributed by atoms with Crippen molar-refractivity contribution in [3.8, 4) is 11.1 Å². The summed E-state index contributed by atoms with van der Waals surface area (Å²) in [6.45, 7) is 2.02. The number of ether oxygens (including phenoxy) is 1. The Hall–Kier alpha value is -1.46. The van der Waals surface area contributed by atoms with Crippen LogP contribution in [0.4, 0.5) is 11.4 Å². The third kappa shape index (κ3) is 2.76. The zero-order valence-corrected chi connectivity index (χ0v) is 13.9. The minimum absolute atomic E-state index is 0.394. The molecule has 0 aromatic heterocycles. The lowest BCUT2D eigenvalue weighted by atomic mass is 10.0. The molecule has 23 heavy (non-hydrogen) atoms. The van der Waals surface area contributed by atoms with E-state index in [1.165, 1.54) is 0 Å². The SMILES string of the molecule is OC1(CN2CNc3ccc(-c4ccc(Cl)c(Cl)c4)cc32)COC1. The highest BCUT2D eigenvalue weighted by Crippen LogP contribution is 2.38. The van der Waals surface area contributed by atoms with E-state index in [9.17, 15) is 5.11 Å². The number of β-amino-alcohol motifs (C(OH)–C–C–N with tert-alkyl or cyclic N) is 1. The van der Waals surface area contributed by atoms with Gasteiger partial charge in [0.15, 0.2) is 0 Å². The fourth-order valence-corrected chi connectivity index (χ4v) is 3.29. The molecule has 2 heterocycles. The van der Waals surface area contributed by atoms with Gasteiger partial charge in [0.25, 0.3) is 0 Å². The quantitative estimate of drug-likeness (QED) is 0.887. The van der Waals surface area contributed by atoms with Gasteiger partial charge in [0.1, 0.15) is 5.60 Å². The average Bonchev–Trinajstić information content (AvgIpc) is 2.91. The van der Waals surface area contributed by atoms with Crippen molar-refractivity contribution in [3.05, 3.63) is 46.4 Å². The van der Waals surface area contributed by atoms with E-state index in [1.807, 2.05) is 12.1 Å². The molecule has 4 nitrogen and oxygen atoms in total. The number of nitrogens with one attached hydrogen (secondary N) is 1. The van der Waals surface area contributed by atoms with Crippen molar-refractivity contribution in [2.45, 2.75) is 5.60 Å². The maximum Gasteiger partial charge on any atom is 0.128 e. The van der Waals surface area contributed by atoms with Gasteiger partial charge in [-0.05, 0) is 35.4 Å². The van der Waals surface area contributed by atoms with Gasteiger partial charge in [-0.15, -0.1) is 0 Å². The molecule has 0 atom stereocenters. The molecule has 0 radical (unpaired) electrons. The van der Waals surface area contributed by atoms with Crippen LogP contribution >= 0.6 is 23.2 Å². The summed E-state index contributed by atoms with van der Waals surface area (Å²) in [4.78, 5) is 2.14. The van der Waals surface area contributed by atoms with Crippen LogP contribution in [0.15, 0.2) is 36.4 Å². The van der Waals surface area contributed by atoms with E-state index >= 15 is 0 Å². The van der Waals surface area contributed by atoms with Gasteiger partial charge in [-0.2, -0.15) is 0 Å². The number of fused-ring (bicyclic) bond motifs is 1. The summed E-state index contributed by atoms with van der Waals surface area (Å²) in [7, 11) is 0. The Balaban J connectivity index is 1.65. The highest BCUT2D eigenvalue weighted by atomic mass is 35.5. The van der Waals surface area contributed by atoms with Crippen LogP contribution in [0.1, 0.15) is 0 Å². The molecule has 2 aliphatic heterocycles. The van der Waals surface area contributed by atoms with Crippen molar-refractivity contribution >= 4 is 34.6 Å². The molecule has 0 amide bonds. The summed E-state index contributed by atoms with van der Waals surface area (Å²) in [5.74, 6) is 0. The van der Waals surface area contributed by atoms with Crippen LogP contribution in [0.3, 0.4) is 0 Å². The monoisotopic (exact) mass is 350 g/mol. The van der Waals surface area contributed by atoms with Crippen molar-refractivity contribution in [1.29, 1.82) is 0 Å². The number of aliphatic hydroxyl groups is 1. The fourth-order valence-electron chi connectivity index (χ4n) is 2.99. The van der Waals surface area contributed by atoms with Gasteiger partial charge in [0, 0.05) is 0 Å². The third-order valence-electron chi connectivity index (χ3n) is 4.28. The summed E-state index contributed by atoms with van der Waals surface area (Å²) < 4.78 is 5.13. The zero-order chi connectivity index (χ0) is 16.0.